The molecule has 1 aromatic carbocycles. The lowest BCUT2D eigenvalue weighted by Gasteiger charge is -2.00. The second kappa shape index (κ2) is 4.17. The van der Waals surface area contributed by atoms with E-state index in [1.54, 1.807) is 6.07 Å². The van der Waals surface area contributed by atoms with E-state index in [0.717, 1.165) is 5.56 Å². The van der Waals surface area contributed by atoms with Crippen molar-refractivity contribution in [1.82, 2.24) is 4.98 Å². The number of oxazole rings is 1. The first-order valence-corrected chi connectivity index (χ1v) is 5.92. The summed E-state index contributed by atoms with van der Waals surface area (Å²) in [5, 5.41) is 0.550. The summed E-state index contributed by atoms with van der Waals surface area (Å²) in [6.07, 6.45) is 1.87. The molecular formula is C11H11NO3S. The fourth-order valence-electron chi connectivity index (χ4n) is 1.48. The molecule has 4 nitrogen and oxygen atoms in total. The molecule has 0 amide bonds. The minimum atomic E-state index is -0.397. The lowest BCUT2D eigenvalue weighted by molar-refractivity contribution is 0.0603. The van der Waals surface area contributed by atoms with E-state index in [9.17, 15) is 4.79 Å². The Balaban J connectivity index is 2.72. The van der Waals surface area contributed by atoms with Gasteiger partial charge in [0.1, 0.15) is 5.52 Å². The van der Waals surface area contributed by atoms with Crippen molar-refractivity contribution in [1.29, 1.82) is 0 Å². The van der Waals surface area contributed by atoms with Crippen molar-refractivity contribution in [2.24, 2.45) is 0 Å². The van der Waals surface area contributed by atoms with Crippen LogP contribution in [0.25, 0.3) is 11.1 Å². The Morgan fingerprint density at radius 3 is 2.88 bits per heavy atom. The number of hydrogen-bond donors (Lipinski definition) is 0. The average molecular weight is 237 g/mol. The van der Waals surface area contributed by atoms with Crippen molar-refractivity contribution in [3.05, 3.63) is 23.3 Å². The van der Waals surface area contributed by atoms with Gasteiger partial charge in [-0.3, -0.25) is 0 Å². The lowest BCUT2D eigenvalue weighted by Crippen LogP contribution is -2.02. The van der Waals surface area contributed by atoms with Crippen LogP contribution in [-0.4, -0.2) is 24.3 Å². The Labute approximate surface area is 97.0 Å². The summed E-state index contributed by atoms with van der Waals surface area (Å²) in [6, 6.07) is 3.53. The van der Waals surface area contributed by atoms with Crippen LogP contribution >= 0.6 is 11.8 Å². The smallest absolute Gasteiger partial charge is 0.340 e. The largest absolute Gasteiger partial charge is 0.465 e. The quantitative estimate of drug-likeness (QED) is 0.593. The molecule has 5 heteroatoms. The molecule has 16 heavy (non-hydrogen) atoms. The zero-order valence-corrected chi connectivity index (χ0v) is 10.1. The van der Waals surface area contributed by atoms with Gasteiger partial charge in [-0.15, -0.1) is 0 Å². The Morgan fingerprint density at radius 2 is 2.25 bits per heavy atom. The molecule has 0 aliphatic rings. The summed E-state index contributed by atoms with van der Waals surface area (Å²) in [5.74, 6) is -0.397. The van der Waals surface area contributed by atoms with Crippen LogP contribution < -0.4 is 0 Å². The second-order valence-corrected chi connectivity index (χ2v) is 4.04. The average Bonchev–Trinajstić information content (AvgIpc) is 2.73. The summed E-state index contributed by atoms with van der Waals surface area (Å²) >= 11 is 1.40. The van der Waals surface area contributed by atoms with Crippen LogP contribution in [0.2, 0.25) is 0 Å². The first-order valence-electron chi connectivity index (χ1n) is 4.70. The number of fused-ring (bicyclic) bond motifs is 1. The Kier molecular flexibility index (Phi) is 2.87. The Morgan fingerprint density at radius 1 is 1.50 bits per heavy atom. The van der Waals surface area contributed by atoms with Crippen LogP contribution in [0.4, 0.5) is 0 Å². The highest BCUT2D eigenvalue weighted by molar-refractivity contribution is 7.98. The number of methoxy groups -OCH3 is 1. The van der Waals surface area contributed by atoms with Crippen LogP contribution in [0.3, 0.4) is 0 Å². The Hall–Kier alpha value is -1.49. The van der Waals surface area contributed by atoms with Gasteiger partial charge in [0, 0.05) is 0 Å². The van der Waals surface area contributed by atoms with E-state index in [1.165, 1.54) is 18.9 Å². The van der Waals surface area contributed by atoms with Crippen LogP contribution in [0.5, 0.6) is 0 Å². The molecule has 0 fully saturated rings. The third-order valence-corrected chi connectivity index (χ3v) is 2.82. The number of benzene rings is 1. The molecule has 0 radical (unpaired) electrons. The van der Waals surface area contributed by atoms with Crippen LogP contribution in [0.15, 0.2) is 21.8 Å². The van der Waals surface area contributed by atoms with Crippen molar-refractivity contribution in [2.45, 2.75) is 12.1 Å². The van der Waals surface area contributed by atoms with Gasteiger partial charge in [-0.05, 0) is 24.8 Å². The van der Waals surface area contributed by atoms with E-state index in [0.29, 0.717) is 21.9 Å². The Bertz CT molecular complexity index is 547. The number of aryl methyl sites for hydroxylation is 1. The summed E-state index contributed by atoms with van der Waals surface area (Å²) in [7, 11) is 1.35. The maximum Gasteiger partial charge on any atom is 0.340 e. The highest BCUT2D eigenvalue weighted by Gasteiger charge is 2.17. The molecular weight excluding hydrogens is 226 g/mol. The van der Waals surface area contributed by atoms with Gasteiger partial charge < -0.3 is 9.15 Å². The molecule has 1 heterocycles. The van der Waals surface area contributed by atoms with Crippen LogP contribution in [-0.2, 0) is 4.74 Å². The zero-order chi connectivity index (χ0) is 11.7. The molecule has 0 aliphatic heterocycles. The minimum absolute atomic E-state index is 0.397. The van der Waals surface area contributed by atoms with E-state index in [1.807, 2.05) is 19.2 Å². The SMILES string of the molecule is COC(=O)c1ccc(C)c2oc(SC)nc12. The minimum Gasteiger partial charge on any atom is -0.465 e. The monoisotopic (exact) mass is 237 g/mol. The van der Waals surface area contributed by atoms with Crippen molar-refractivity contribution >= 4 is 28.8 Å². The summed E-state index contributed by atoms with van der Waals surface area (Å²) < 4.78 is 10.2. The van der Waals surface area contributed by atoms with Crippen LogP contribution in [0.1, 0.15) is 15.9 Å². The second-order valence-electron chi connectivity index (χ2n) is 3.28. The third kappa shape index (κ3) is 1.67. The van der Waals surface area contributed by atoms with Gasteiger partial charge in [-0.25, -0.2) is 9.78 Å². The zero-order valence-electron chi connectivity index (χ0n) is 9.23. The van der Waals surface area contributed by atoms with Crippen molar-refractivity contribution < 1.29 is 13.9 Å². The number of esters is 1. The van der Waals surface area contributed by atoms with E-state index >= 15 is 0 Å². The summed E-state index contributed by atoms with van der Waals surface area (Å²) in [5.41, 5.74) is 2.60. The molecule has 84 valence electrons. The van der Waals surface area contributed by atoms with Crippen molar-refractivity contribution in [3.63, 3.8) is 0 Å². The van der Waals surface area contributed by atoms with Gasteiger partial charge >= 0.3 is 5.97 Å². The number of nitrogens with zero attached hydrogens (tertiary/aromatic N) is 1. The number of carbonyl (C=O) groups is 1. The van der Waals surface area contributed by atoms with Gasteiger partial charge in [0.25, 0.3) is 5.22 Å². The summed E-state index contributed by atoms with van der Waals surface area (Å²) in [4.78, 5) is 15.8. The van der Waals surface area contributed by atoms with E-state index in [-0.39, 0.29) is 0 Å². The molecule has 2 aromatic rings. The maximum atomic E-state index is 11.5. The number of hydrogen-bond acceptors (Lipinski definition) is 5. The molecule has 0 atom stereocenters. The molecule has 0 unspecified atom stereocenters. The normalized spacial score (nSPS) is 10.7. The topological polar surface area (TPSA) is 52.3 Å². The number of ether oxygens (including phenoxy) is 1. The fraction of sp³-hybridized carbons (Fsp3) is 0.273. The number of thioether (sulfide) groups is 1. The lowest BCUT2D eigenvalue weighted by atomic mass is 10.1. The highest BCUT2D eigenvalue weighted by Crippen LogP contribution is 2.27. The van der Waals surface area contributed by atoms with Gasteiger partial charge in [-0.1, -0.05) is 17.8 Å². The number of rotatable bonds is 2. The molecule has 0 spiro atoms. The fourth-order valence-corrected chi connectivity index (χ4v) is 1.82. The van der Waals surface area contributed by atoms with E-state index in [4.69, 9.17) is 9.15 Å². The molecule has 0 saturated carbocycles. The van der Waals surface area contributed by atoms with Crippen LogP contribution in [0, 0.1) is 6.92 Å². The molecule has 0 aliphatic carbocycles. The molecule has 0 N–H and O–H groups in total. The first kappa shape index (κ1) is 11.0. The molecule has 1 aromatic heterocycles. The maximum absolute atomic E-state index is 11.5. The van der Waals surface area contributed by atoms with Gasteiger partial charge in [0.15, 0.2) is 5.58 Å². The van der Waals surface area contributed by atoms with Gasteiger partial charge in [-0.2, -0.15) is 0 Å². The van der Waals surface area contributed by atoms with E-state index < -0.39 is 5.97 Å². The third-order valence-electron chi connectivity index (χ3n) is 2.30. The predicted octanol–water partition coefficient (Wildman–Crippen LogP) is 2.64. The standard InChI is InChI=1S/C11H11NO3S/c1-6-4-5-7(10(13)14-2)8-9(6)15-11(12-8)16-3/h4-5H,1-3H3. The number of aromatic nitrogens is 1. The van der Waals surface area contributed by atoms with Gasteiger partial charge in [0.05, 0.1) is 12.7 Å². The highest BCUT2D eigenvalue weighted by atomic mass is 32.2. The first-order chi connectivity index (χ1) is 7.67. The van der Waals surface area contributed by atoms with Crippen molar-refractivity contribution in [3.8, 4) is 0 Å². The summed E-state index contributed by atoms with van der Waals surface area (Å²) in [6.45, 7) is 1.92. The number of carbonyl (C=O) groups excluding carboxylic acids is 1. The molecule has 0 bridgehead atoms. The molecule has 2 rings (SSSR count). The van der Waals surface area contributed by atoms with Gasteiger partial charge in [0.2, 0.25) is 0 Å². The van der Waals surface area contributed by atoms with E-state index in [2.05, 4.69) is 4.98 Å². The molecule has 0 saturated heterocycles. The van der Waals surface area contributed by atoms with Crippen molar-refractivity contribution in [2.75, 3.05) is 13.4 Å². The predicted molar refractivity (Wildman–Crippen MR) is 61.9 cm³/mol.